The summed E-state index contributed by atoms with van der Waals surface area (Å²) >= 11 is 11.2. The Balaban J connectivity index is 1.93. The standard InChI is InChI=1S/C16H12BrClN4O3S/c1-25-14-7-13(12(18)6-10(14)15(23)24)22-16(19-20-21-22)26-8-9-4-2-3-5-11(9)17/h2-7H,8H2,1H3,(H,23,24). The summed E-state index contributed by atoms with van der Waals surface area (Å²) in [5, 5.41) is 21.7. The minimum Gasteiger partial charge on any atom is -0.496 e. The fourth-order valence-corrected chi connectivity index (χ4v) is 3.96. The summed E-state index contributed by atoms with van der Waals surface area (Å²) in [6.45, 7) is 0. The van der Waals surface area contributed by atoms with Crippen molar-refractivity contribution in [1.29, 1.82) is 0 Å². The van der Waals surface area contributed by atoms with E-state index in [-0.39, 0.29) is 16.3 Å². The van der Waals surface area contributed by atoms with Crippen LogP contribution in [0.15, 0.2) is 46.0 Å². The summed E-state index contributed by atoms with van der Waals surface area (Å²) in [5.74, 6) is -0.311. The zero-order valence-corrected chi connectivity index (χ0v) is 16.5. The van der Waals surface area contributed by atoms with Crippen molar-refractivity contribution in [2.45, 2.75) is 10.9 Å². The van der Waals surface area contributed by atoms with E-state index < -0.39 is 5.97 Å². The lowest BCUT2D eigenvalue weighted by atomic mass is 10.2. The van der Waals surface area contributed by atoms with Gasteiger partial charge in [0, 0.05) is 16.3 Å². The van der Waals surface area contributed by atoms with Gasteiger partial charge < -0.3 is 9.84 Å². The number of halogens is 2. The Morgan fingerprint density at radius 1 is 1.38 bits per heavy atom. The molecule has 0 bridgehead atoms. The highest BCUT2D eigenvalue weighted by molar-refractivity contribution is 9.10. The molecule has 3 rings (SSSR count). The van der Waals surface area contributed by atoms with Gasteiger partial charge in [-0.3, -0.25) is 0 Å². The van der Waals surface area contributed by atoms with E-state index in [2.05, 4.69) is 31.5 Å². The largest absolute Gasteiger partial charge is 0.496 e. The van der Waals surface area contributed by atoms with Crippen LogP contribution >= 0.6 is 39.3 Å². The molecular formula is C16H12BrClN4O3S. The molecule has 0 spiro atoms. The molecule has 10 heteroatoms. The average Bonchev–Trinajstić information content (AvgIpc) is 3.09. The maximum absolute atomic E-state index is 11.3. The van der Waals surface area contributed by atoms with Crippen LogP contribution in [0.1, 0.15) is 15.9 Å². The molecule has 0 atom stereocenters. The number of nitrogens with zero attached hydrogens (tertiary/aromatic N) is 4. The van der Waals surface area contributed by atoms with Crippen molar-refractivity contribution >= 4 is 45.3 Å². The fraction of sp³-hybridized carbons (Fsp3) is 0.125. The van der Waals surface area contributed by atoms with Crippen LogP contribution < -0.4 is 4.74 Å². The number of rotatable bonds is 6. The number of tetrazole rings is 1. The van der Waals surface area contributed by atoms with Crippen LogP contribution in [-0.4, -0.2) is 38.4 Å². The van der Waals surface area contributed by atoms with Gasteiger partial charge in [-0.05, 0) is 28.1 Å². The first-order valence-corrected chi connectivity index (χ1v) is 9.42. The van der Waals surface area contributed by atoms with Crippen LogP contribution in [0.4, 0.5) is 0 Å². The van der Waals surface area contributed by atoms with Crippen LogP contribution in [0.3, 0.4) is 0 Å². The van der Waals surface area contributed by atoms with Crippen molar-refractivity contribution in [1.82, 2.24) is 20.2 Å². The number of aromatic carboxylic acids is 1. The third-order valence-electron chi connectivity index (χ3n) is 3.48. The molecule has 0 aliphatic heterocycles. The van der Waals surface area contributed by atoms with Gasteiger partial charge in [0.25, 0.3) is 0 Å². The molecule has 0 saturated heterocycles. The second-order valence-electron chi connectivity index (χ2n) is 5.06. The predicted octanol–water partition coefficient (Wildman–Crippen LogP) is 4.08. The third kappa shape index (κ3) is 3.84. The summed E-state index contributed by atoms with van der Waals surface area (Å²) in [4.78, 5) is 11.3. The molecule has 0 aliphatic rings. The van der Waals surface area contributed by atoms with Crippen molar-refractivity contribution in [2.24, 2.45) is 0 Å². The Morgan fingerprint density at radius 2 is 2.15 bits per heavy atom. The molecule has 1 aromatic heterocycles. The quantitative estimate of drug-likeness (QED) is 0.560. The molecule has 0 unspecified atom stereocenters. The van der Waals surface area contributed by atoms with Crippen molar-refractivity contribution < 1.29 is 14.6 Å². The van der Waals surface area contributed by atoms with E-state index in [0.29, 0.717) is 16.6 Å². The molecule has 2 aromatic carbocycles. The topological polar surface area (TPSA) is 90.1 Å². The Morgan fingerprint density at radius 3 is 2.85 bits per heavy atom. The van der Waals surface area contributed by atoms with Crippen molar-refractivity contribution in [3.05, 3.63) is 57.0 Å². The zero-order chi connectivity index (χ0) is 18.7. The lowest BCUT2D eigenvalue weighted by Crippen LogP contribution is -2.05. The number of carboxylic acid groups (broad SMARTS) is 1. The summed E-state index contributed by atoms with van der Waals surface area (Å²) in [5.41, 5.74) is 1.50. The first kappa shape index (κ1) is 18.7. The number of hydrogen-bond acceptors (Lipinski definition) is 6. The van der Waals surface area contributed by atoms with Crippen molar-refractivity contribution in [3.63, 3.8) is 0 Å². The molecule has 26 heavy (non-hydrogen) atoms. The zero-order valence-electron chi connectivity index (χ0n) is 13.4. The predicted molar refractivity (Wildman–Crippen MR) is 101 cm³/mol. The number of methoxy groups -OCH3 is 1. The van der Waals surface area contributed by atoms with Gasteiger partial charge in [0.15, 0.2) is 0 Å². The van der Waals surface area contributed by atoms with Crippen molar-refractivity contribution in [2.75, 3.05) is 7.11 Å². The molecule has 134 valence electrons. The van der Waals surface area contributed by atoms with E-state index in [1.807, 2.05) is 24.3 Å². The molecule has 0 radical (unpaired) electrons. The fourth-order valence-electron chi connectivity index (χ4n) is 2.22. The first-order chi connectivity index (χ1) is 12.5. The van der Waals surface area contributed by atoms with Crippen LogP contribution in [-0.2, 0) is 5.75 Å². The number of ether oxygens (including phenoxy) is 1. The monoisotopic (exact) mass is 454 g/mol. The maximum Gasteiger partial charge on any atom is 0.339 e. The van der Waals surface area contributed by atoms with E-state index >= 15 is 0 Å². The smallest absolute Gasteiger partial charge is 0.339 e. The molecule has 7 nitrogen and oxygen atoms in total. The number of thioether (sulfide) groups is 1. The molecule has 0 fully saturated rings. The molecule has 1 heterocycles. The molecule has 0 saturated carbocycles. The molecule has 1 N–H and O–H groups in total. The molecule has 0 amide bonds. The molecule has 3 aromatic rings. The van der Waals surface area contributed by atoms with E-state index in [1.54, 1.807) is 0 Å². The Hall–Kier alpha value is -2.10. The van der Waals surface area contributed by atoms with E-state index in [1.165, 1.54) is 35.7 Å². The van der Waals surface area contributed by atoms with Gasteiger partial charge in [0.05, 0.1) is 17.8 Å². The van der Waals surface area contributed by atoms with Gasteiger partial charge in [-0.2, -0.15) is 4.68 Å². The lowest BCUT2D eigenvalue weighted by molar-refractivity contribution is 0.0693. The van der Waals surface area contributed by atoms with Gasteiger partial charge in [-0.1, -0.05) is 57.5 Å². The van der Waals surface area contributed by atoms with Crippen LogP contribution in [0.5, 0.6) is 5.75 Å². The van der Waals surface area contributed by atoms with Gasteiger partial charge in [-0.25, -0.2) is 4.79 Å². The van der Waals surface area contributed by atoms with Gasteiger partial charge in [0.2, 0.25) is 5.16 Å². The lowest BCUT2D eigenvalue weighted by Gasteiger charge is -2.11. The van der Waals surface area contributed by atoms with E-state index in [0.717, 1.165) is 10.0 Å². The Labute approximate surface area is 166 Å². The van der Waals surface area contributed by atoms with Gasteiger partial charge in [-0.15, -0.1) is 5.10 Å². The third-order valence-corrected chi connectivity index (χ3v) is 5.53. The molecule has 0 aliphatic carbocycles. The van der Waals surface area contributed by atoms with Crippen LogP contribution in [0.25, 0.3) is 5.69 Å². The van der Waals surface area contributed by atoms with E-state index in [9.17, 15) is 9.90 Å². The first-order valence-electron chi connectivity index (χ1n) is 7.27. The SMILES string of the molecule is COc1cc(-n2nnnc2SCc2ccccc2Br)c(Cl)cc1C(=O)O. The number of benzene rings is 2. The highest BCUT2D eigenvalue weighted by atomic mass is 79.9. The summed E-state index contributed by atoms with van der Waals surface area (Å²) < 4.78 is 7.60. The second-order valence-corrected chi connectivity index (χ2v) is 7.27. The maximum atomic E-state index is 11.3. The summed E-state index contributed by atoms with van der Waals surface area (Å²) in [7, 11) is 1.39. The van der Waals surface area contributed by atoms with E-state index in [4.69, 9.17) is 16.3 Å². The summed E-state index contributed by atoms with van der Waals surface area (Å²) in [6, 6.07) is 10.7. The van der Waals surface area contributed by atoms with Crippen LogP contribution in [0.2, 0.25) is 5.02 Å². The average molecular weight is 456 g/mol. The highest BCUT2D eigenvalue weighted by Crippen LogP contribution is 2.32. The number of carboxylic acids is 1. The Kier molecular flexibility index (Phi) is 5.80. The highest BCUT2D eigenvalue weighted by Gasteiger charge is 2.19. The Bertz CT molecular complexity index is 966. The van der Waals surface area contributed by atoms with Crippen LogP contribution in [0, 0.1) is 0 Å². The number of hydrogen-bond donors (Lipinski definition) is 1. The van der Waals surface area contributed by atoms with Gasteiger partial charge >= 0.3 is 5.97 Å². The summed E-state index contributed by atoms with van der Waals surface area (Å²) in [6.07, 6.45) is 0. The normalized spacial score (nSPS) is 10.7. The van der Waals surface area contributed by atoms with Crippen molar-refractivity contribution in [3.8, 4) is 11.4 Å². The van der Waals surface area contributed by atoms with Gasteiger partial charge in [0.1, 0.15) is 11.3 Å². The molecular weight excluding hydrogens is 444 g/mol. The number of aromatic nitrogens is 4. The number of carbonyl (C=O) groups is 1. The minimum atomic E-state index is -1.13. The minimum absolute atomic E-state index is 0.0308. The second kappa shape index (κ2) is 8.07.